The van der Waals surface area contributed by atoms with Crippen LogP contribution in [0, 0.1) is 12.8 Å². The Balaban J connectivity index is 2.11. The molecule has 1 heterocycles. The summed E-state index contributed by atoms with van der Waals surface area (Å²) in [5.41, 5.74) is 0.924. The highest BCUT2D eigenvalue weighted by Gasteiger charge is 2.24. The van der Waals surface area contributed by atoms with Crippen LogP contribution in [-0.4, -0.2) is 17.7 Å². The number of carboxylic acids is 1. The van der Waals surface area contributed by atoms with Crippen LogP contribution in [-0.2, 0) is 0 Å². The highest BCUT2D eigenvalue weighted by atomic mass is 32.1. The average molecular weight is 212 g/mol. The Morgan fingerprint density at radius 3 is 3.00 bits per heavy atom. The van der Waals surface area contributed by atoms with Crippen LogP contribution in [0.25, 0.3) is 0 Å². The molecule has 1 aromatic rings. The van der Waals surface area contributed by atoms with Crippen molar-refractivity contribution in [1.29, 1.82) is 0 Å². The number of carbonyl (C=O) groups is 1. The summed E-state index contributed by atoms with van der Waals surface area (Å²) in [5.74, 6) is 0.319. The summed E-state index contributed by atoms with van der Waals surface area (Å²) in [6, 6.07) is 0. The van der Waals surface area contributed by atoms with Crippen LogP contribution < -0.4 is 4.74 Å². The molecule has 0 aromatic carbocycles. The van der Waals surface area contributed by atoms with Crippen LogP contribution in [0.5, 0.6) is 5.75 Å². The summed E-state index contributed by atoms with van der Waals surface area (Å²) in [6.45, 7) is 2.54. The molecule has 2 rings (SSSR count). The Morgan fingerprint density at radius 2 is 2.43 bits per heavy atom. The van der Waals surface area contributed by atoms with Crippen molar-refractivity contribution in [2.45, 2.75) is 19.8 Å². The van der Waals surface area contributed by atoms with E-state index in [2.05, 4.69) is 0 Å². The van der Waals surface area contributed by atoms with Gasteiger partial charge in [0.25, 0.3) is 0 Å². The van der Waals surface area contributed by atoms with E-state index in [1.165, 1.54) is 24.2 Å². The number of hydrogen-bond acceptors (Lipinski definition) is 3. The van der Waals surface area contributed by atoms with Crippen molar-refractivity contribution >= 4 is 17.3 Å². The molecule has 0 amide bonds. The van der Waals surface area contributed by atoms with E-state index in [0.717, 1.165) is 5.56 Å². The Hall–Kier alpha value is -1.03. The molecule has 0 spiro atoms. The third-order valence-electron chi connectivity index (χ3n) is 2.27. The number of aryl methyl sites for hydroxylation is 1. The lowest BCUT2D eigenvalue weighted by atomic mass is 10.3. The fourth-order valence-electron chi connectivity index (χ4n) is 1.25. The fraction of sp³-hybridized carbons (Fsp3) is 0.500. The molecule has 0 atom stereocenters. The summed E-state index contributed by atoms with van der Waals surface area (Å²) < 4.78 is 5.52. The van der Waals surface area contributed by atoms with E-state index in [-0.39, 0.29) is 0 Å². The van der Waals surface area contributed by atoms with Crippen molar-refractivity contribution < 1.29 is 14.6 Å². The third-order valence-corrected chi connectivity index (χ3v) is 3.34. The molecule has 1 aliphatic rings. The van der Waals surface area contributed by atoms with Crippen molar-refractivity contribution in [3.63, 3.8) is 0 Å². The van der Waals surface area contributed by atoms with E-state index in [0.29, 0.717) is 23.2 Å². The van der Waals surface area contributed by atoms with Crippen LogP contribution >= 0.6 is 11.3 Å². The molecular formula is C10H12O3S. The highest BCUT2D eigenvalue weighted by Crippen LogP contribution is 2.34. The van der Waals surface area contributed by atoms with Gasteiger partial charge in [0.1, 0.15) is 5.75 Å². The van der Waals surface area contributed by atoms with E-state index in [4.69, 9.17) is 9.84 Å². The van der Waals surface area contributed by atoms with Crippen LogP contribution in [0.3, 0.4) is 0 Å². The summed E-state index contributed by atoms with van der Waals surface area (Å²) in [7, 11) is 0. The standard InChI is InChI=1S/C10H12O3S/c1-6-5-14-9(10(11)12)8(6)13-4-7-2-3-7/h5,7H,2-4H2,1H3,(H,11,12). The zero-order valence-electron chi connectivity index (χ0n) is 7.95. The van der Waals surface area contributed by atoms with Crippen LogP contribution in [0.15, 0.2) is 5.38 Å². The Labute approximate surface area is 86.3 Å². The van der Waals surface area contributed by atoms with Gasteiger partial charge in [0, 0.05) is 5.56 Å². The van der Waals surface area contributed by atoms with Crippen LogP contribution in [0.2, 0.25) is 0 Å². The molecule has 0 bridgehead atoms. The van der Waals surface area contributed by atoms with Gasteiger partial charge < -0.3 is 9.84 Å². The van der Waals surface area contributed by atoms with E-state index in [9.17, 15) is 4.79 Å². The van der Waals surface area contributed by atoms with E-state index in [1.54, 1.807) is 0 Å². The largest absolute Gasteiger partial charge is 0.491 e. The third kappa shape index (κ3) is 1.90. The van der Waals surface area contributed by atoms with Gasteiger partial charge in [-0.2, -0.15) is 0 Å². The molecule has 1 aromatic heterocycles. The minimum atomic E-state index is -0.895. The second-order valence-electron chi connectivity index (χ2n) is 3.64. The summed E-state index contributed by atoms with van der Waals surface area (Å²) in [4.78, 5) is 11.1. The van der Waals surface area contributed by atoms with Crippen molar-refractivity contribution in [1.82, 2.24) is 0 Å². The molecule has 1 saturated carbocycles. The second-order valence-corrected chi connectivity index (χ2v) is 4.52. The van der Waals surface area contributed by atoms with Crippen molar-refractivity contribution in [3.05, 3.63) is 15.8 Å². The lowest BCUT2D eigenvalue weighted by molar-refractivity contribution is 0.0697. The molecule has 0 saturated heterocycles. The molecular weight excluding hydrogens is 200 g/mol. The molecule has 0 unspecified atom stereocenters. The molecule has 1 aliphatic carbocycles. The molecule has 1 fully saturated rings. The fourth-order valence-corrected chi connectivity index (χ4v) is 2.08. The van der Waals surface area contributed by atoms with Crippen molar-refractivity contribution in [2.75, 3.05) is 6.61 Å². The predicted octanol–water partition coefficient (Wildman–Crippen LogP) is 2.54. The normalized spacial score (nSPS) is 15.5. The molecule has 0 aliphatic heterocycles. The maximum Gasteiger partial charge on any atom is 0.349 e. The quantitative estimate of drug-likeness (QED) is 0.834. The van der Waals surface area contributed by atoms with Gasteiger partial charge in [0.2, 0.25) is 0 Å². The minimum absolute atomic E-state index is 0.322. The van der Waals surface area contributed by atoms with E-state index >= 15 is 0 Å². The number of aromatic carboxylic acids is 1. The number of ether oxygens (including phenoxy) is 1. The number of carboxylic acid groups (broad SMARTS) is 1. The number of rotatable bonds is 4. The first-order chi connectivity index (χ1) is 6.68. The summed E-state index contributed by atoms with van der Waals surface area (Å²) in [5, 5.41) is 10.7. The van der Waals surface area contributed by atoms with Gasteiger partial charge in [-0.1, -0.05) is 0 Å². The van der Waals surface area contributed by atoms with Gasteiger partial charge in [-0.05, 0) is 31.1 Å². The topological polar surface area (TPSA) is 46.5 Å². The van der Waals surface area contributed by atoms with Gasteiger partial charge in [-0.15, -0.1) is 11.3 Å². The molecule has 0 radical (unpaired) electrons. The molecule has 1 N–H and O–H groups in total. The number of hydrogen-bond donors (Lipinski definition) is 1. The van der Waals surface area contributed by atoms with Gasteiger partial charge in [0.15, 0.2) is 4.88 Å². The average Bonchev–Trinajstić information content (AvgIpc) is 2.87. The Morgan fingerprint density at radius 1 is 1.71 bits per heavy atom. The lowest BCUT2D eigenvalue weighted by Gasteiger charge is -2.05. The highest BCUT2D eigenvalue weighted by molar-refractivity contribution is 7.12. The van der Waals surface area contributed by atoms with Crippen molar-refractivity contribution in [2.24, 2.45) is 5.92 Å². The predicted molar refractivity (Wildman–Crippen MR) is 54.2 cm³/mol. The van der Waals surface area contributed by atoms with Crippen LogP contribution in [0.4, 0.5) is 0 Å². The Kier molecular flexibility index (Phi) is 2.46. The number of thiophene rings is 1. The Bertz CT molecular complexity index is 352. The molecule has 4 heteroatoms. The van der Waals surface area contributed by atoms with Gasteiger partial charge in [-0.3, -0.25) is 0 Å². The molecule has 3 nitrogen and oxygen atoms in total. The summed E-state index contributed by atoms with van der Waals surface area (Å²) >= 11 is 1.23. The van der Waals surface area contributed by atoms with Gasteiger partial charge >= 0.3 is 5.97 Å². The van der Waals surface area contributed by atoms with Crippen molar-refractivity contribution in [3.8, 4) is 5.75 Å². The zero-order valence-corrected chi connectivity index (χ0v) is 8.76. The maximum absolute atomic E-state index is 10.8. The van der Waals surface area contributed by atoms with Crippen LogP contribution in [0.1, 0.15) is 28.1 Å². The molecule has 14 heavy (non-hydrogen) atoms. The zero-order chi connectivity index (χ0) is 10.1. The summed E-state index contributed by atoms with van der Waals surface area (Å²) in [6.07, 6.45) is 2.43. The first kappa shape index (κ1) is 9.52. The minimum Gasteiger partial charge on any atom is -0.491 e. The molecule has 76 valence electrons. The van der Waals surface area contributed by atoms with Gasteiger partial charge in [0.05, 0.1) is 6.61 Å². The lowest BCUT2D eigenvalue weighted by Crippen LogP contribution is -2.03. The smallest absolute Gasteiger partial charge is 0.349 e. The second kappa shape index (κ2) is 3.61. The van der Waals surface area contributed by atoms with Gasteiger partial charge in [-0.25, -0.2) is 4.79 Å². The first-order valence-corrected chi connectivity index (χ1v) is 5.50. The van der Waals surface area contributed by atoms with E-state index < -0.39 is 5.97 Å². The van der Waals surface area contributed by atoms with E-state index in [1.807, 2.05) is 12.3 Å². The monoisotopic (exact) mass is 212 g/mol. The first-order valence-electron chi connectivity index (χ1n) is 4.62. The SMILES string of the molecule is Cc1csc(C(=O)O)c1OCC1CC1. The maximum atomic E-state index is 10.8.